The molecule has 0 saturated heterocycles. The molecule has 0 radical (unpaired) electrons. The number of benzene rings is 2. The van der Waals surface area contributed by atoms with Crippen LogP contribution in [0.4, 0.5) is 22.1 Å². The number of hydrogen-bond donors (Lipinski definition) is 3. The van der Waals surface area contributed by atoms with Crippen LogP contribution in [0.5, 0.6) is 0 Å². The summed E-state index contributed by atoms with van der Waals surface area (Å²) in [5, 5.41) is 2.57. The third kappa shape index (κ3) is 7.43. The zero-order valence-electron chi connectivity index (χ0n) is 22.6. The van der Waals surface area contributed by atoms with Gasteiger partial charge in [0.15, 0.2) is 11.6 Å². The molecule has 3 heterocycles. The molecule has 3 aromatic heterocycles. The third-order valence-corrected chi connectivity index (χ3v) is 6.95. The van der Waals surface area contributed by atoms with Crippen molar-refractivity contribution in [3.8, 4) is 22.5 Å². The van der Waals surface area contributed by atoms with Crippen LogP contribution < -0.4 is 14.8 Å². The number of nitrogens with zero attached hydrogens (tertiary/aromatic N) is 4. The van der Waals surface area contributed by atoms with Crippen LogP contribution in [-0.4, -0.2) is 41.1 Å². The van der Waals surface area contributed by atoms with Crippen molar-refractivity contribution >= 4 is 33.6 Å². The van der Waals surface area contributed by atoms with Gasteiger partial charge in [0.25, 0.3) is 0 Å². The molecule has 0 fully saturated rings. The van der Waals surface area contributed by atoms with Gasteiger partial charge in [0, 0.05) is 36.1 Å². The van der Waals surface area contributed by atoms with E-state index in [1.54, 1.807) is 79.3 Å². The molecule has 1 amide bonds. The molecule has 0 aliphatic heterocycles. The Morgan fingerprint density at radius 2 is 1.55 bits per heavy atom. The van der Waals surface area contributed by atoms with Crippen LogP contribution in [0, 0.1) is 6.92 Å². The SMILES string of the molecule is Cc1ccc(-c2c(CCOC(=O)Nc3ccccn3)nc(-c3ccncc3)nc2NS(=O)(=O)Nc2ccccc2)cc1. The number of aromatic nitrogens is 4. The van der Waals surface area contributed by atoms with Crippen molar-refractivity contribution in [1.29, 1.82) is 0 Å². The second kappa shape index (κ2) is 12.9. The number of ether oxygens (including phenoxy) is 1. The number of rotatable bonds is 10. The molecule has 3 N–H and O–H groups in total. The molecular formula is C30H27N7O4S. The van der Waals surface area contributed by atoms with E-state index in [0.717, 1.165) is 5.56 Å². The van der Waals surface area contributed by atoms with Crippen molar-refractivity contribution in [2.45, 2.75) is 13.3 Å². The van der Waals surface area contributed by atoms with Crippen LogP contribution in [0.1, 0.15) is 11.3 Å². The van der Waals surface area contributed by atoms with E-state index >= 15 is 0 Å². The van der Waals surface area contributed by atoms with Crippen LogP contribution in [0.15, 0.2) is 104 Å². The largest absolute Gasteiger partial charge is 0.449 e. The summed E-state index contributed by atoms with van der Waals surface area (Å²) in [6.07, 6.45) is 4.23. The molecule has 11 nitrogen and oxygen atoms in total. The molecule has 0 unspecified atom stereocenters. The average Bonchev–Trinajstić information content (AvgIpc) is 2.99. The minimum Gasteiger partial charge on any atom is -0.449 e. The molecule has 2 aromatic carbocycles. The average molecular weight is 582 g/mol. The highest BCUT2D eigenvalue weighted by molar-refractivity contribution is 7.94. The Labute approximate surface area is 243 Å². The molecule has 0 atom stereocenters. The normalized spacial score (nSPS) is 11.0. The highest BCUT2D eigenvalue weighted by Gasteiger charge is 2.22. The first-order valence-corrected chi connectivity index (χ1v) is 14.4. The number of para-hydroxylation sites is 1. The van der Waals surface area contributed by atoms with E-state index in [2.05, 4.69) is 29.7 Å². The fourth-order valence-electron chi connectivity index (χ4n) is 4.05. The zero-order valence-corrected chi connectivity index (χ0v) is 23.4. The van der Waals surface area contributed by atoms with Crippen molar-refractivity contribution in [3.05, 3.63) is 115 Å². The van der Waals surface area contributed by atoms with Gasteiger partial charge < -0.3 is 4.74 Å². The van der Waals surface area contributed by atoms with Gasteiger partial charge in [-0.1, -0.05) is 54.1 Å². The summed E-state index contributed by atoms with van der Waals surface area (Å²) in [5.74, 6) is 0.697. The molecule has 0 aliphatic rings. The number of carbonyl (C=O) groups excluding carboxylic acids is 1. The summed E-state index contributed by atoms with van der Waals surface area (Å²) in [6, 6.07) is 24.6. The molecule has 0 aliphatic carbocycles. The highest BCUT2D eigenvalue weighted by atomic mass is 32.2. The maximum absolute atomic E-state index is 13.3. The Morgan fingerprint density at radius 3 is 2.26 bits per heavy atom. The number of anilines is 3. The molecule has 42 heavy (non-hydrogen) atoms. The fourth-order valence-corrected chi connectivity index (χ4v) is 4.95. The number of hydrogen-bond acceptors (Lipinski definition) is 8. The lowest BCUT2D eigenvalue weighted by molar-refractivity contribution is 0.162. The van der Waals surface area contributed by atoms with E-state index in [4.69, 9.17) is 9.72 Å². The maximum atomic E-state index is 13.3. The van der Waals surface area contributed by atoms with E-state index in [0.29, 0.717) is 33.9 Å². The molecule has 12 heteroatoms. The van der Waals surface area contributed by atoms with Crippen LogP contribution in [0.25, 0.3) is 22.5 Å². The number of carbonyl (C=O) groups is 1. The molecule has 0 spiro atoms. The minimum atomic E-state index is -4.12. The van der Waals surface area contributed by atoms with Crippen LogP contribution in [0.2, 0.25) is 0 Å². The predicted octanol–water partition coefficient (Wildman–Crippen LogP) is 5.47. The van der Waals surface area contributed by atoms with Gasteiger partial charge in [0.1, 0.15) is 5.82 Å². The third-order valence-electron chi connectivity index (χ3n) is 5.99. The monoisotopic (exact) mass is 581 g/mol. The Bertz CT molecular complexity index is 1760. The molecular weight excluding hydrogens is 554 g/mol. The number of pyridine rings is 2. The smallest absolute Gasteiger partial charge is 0.412 e. The Kier molecular flexibility index (Phi) is 8.64. The summed E-state index contributed by atoms with van der Waals surface area (Å²) in [5.41, 5.74) is 3.66. The van der Waals surface area contributed by atoms with Crippen molar-refractivity contribution in [3.63, 3.8) is 0 Å². The maximum Gasteiger partial charge on any atom is 0.412 e. The molecule has 0 saturated carbocycles. The van der Waals surface area contributed by atoms with E-state index < -0.39 is 16.3 Å². The number of amides is 1. The van der Waals surface area contributed by atoms with Gasteiger partial charge in [0.2, 0.25) is 0 Å². The van der Waals surface area contributed by atoms with Crippen LogP contribution in [0.3, 0.4) is 0 Å². The van der Waals surface area contributed by atoms with Gasteiger partial charge in [-0.25, -0.2) is 24.5 Å². The Balaban J connectivity index is 1.52. The first-order chi connectivity index (χ1) is 20.4. The molecule has 5 aromatic rings. The van der Waals surface area contributed by atoms with E-state index in [1.807, 2.05) is 31.2 Å². The first-order valence-electron chi connectivity index (χ1n) is 12.9. The highest BCUT2D eigenvalue weighted by Crippen LogP contribution is 2.33. The summed E-state index contributed by atoms with van der Waals surface area (Å²) in [7, 11) is -4.12. The van der Waals surface area contributed by atoms with Crippen molar-refractivity contribution in [2.75, 3.05) is 21.4 Å². The molecule has 212 valence electrons. The Hall–Kier alpha value is -5.36. The molecule has 5 rings (SSSR count). The summed E-state index contributed by atoms with van der Waals surface area (Å²) >= 11 is 0. The van der Waals surface area contributed by atoms with Crippen LogP contribution >= 0.6 is 0 Å². The van der Waals surface area contributed by atoms with E-state index in [1.165, 1.54) is 0 Å². The Morgan fingerprint density at radius 1 is 0.810 bits per heavy atom. The minimum absolute atomic E-state index is 0.0429. The van der Waals surface area contributed by atoms with Gasteiger partial charge in [-0.3, -0.25) is 15.0 Å². The predicted molar refractivity (Wildman–Crippen MR) is 161 cm³/mol. The van der Waals surface area contributed by atoms with Crippen molar-refractivity contribution < 1.29 is 17.9 Å². The summed E-state index contributed by atoms with van der Waals surface area (Å²) in [4.78, 5) is 29.9. The summed E-state index contributed by atoms with van der Waals surface area (Å²) < 4.78 is 37.1. The summed E-state index contributed by atoms with van der Waals surface area (Å²) in [6.45, 7) is 1.91. The van der Waals surface area contributed by atoms with E-state index in [-0.39, 0.29) is 24.7 Å². The first kappa shape index (κ1) is 28.2. The lowest BCUT2D eigenvalue weighted by atomic mass is 10.0. The van der Waals surface area contributed by atoms with Gasteiger partial charge >= 0.3 is 16.3 Å². The van der Waals surface area contributed by atoms with E-state index in [9.17, 15) is 13.2 Å². The quantitative estimate of drug-likeness (QED) is 0.197. The van der Waals surface area contributed by atoms with Crippen molar-refractivity contribution in [1.82, 2.24) is 19.9 Å². The number of nitrogens with one attached hydrogen (secondary N) is 3. The zero-order chi connectivity index (χ0) is 29.4. The fraction of sp³-hybridized carbons (Fsp3) is 0.100. The number of aryl methyl sites for hydroxylation is 1. The van der Waals surface area contributed by atoms with Crippen LogP contribution in [-0.2, 0) is 21.4 Å². The topological polar surface area (TPSA) is 148 Å². The molecule has 0 bridgehead atoms. The van der Waals surface area contributed by atoms with Gasteiger partial charge in [-0.2, -0.15) is 8.42 Å². The van der Waals surface area contributed by atoms with Gasteiger partial charge in [0.05, 0.1) is 18.0 Å². The van der Waals surface area contributed by atoms with Gasteiger partial charge in [-0.15, -0.1) is 0 Å². The lowest BCUT2D eigenvalue weighted by Crippen LogP contribution is -2.23. The second-order valence-corrected chi connectivity index (χ2v) is 10.5. The lowest BCUT2D eigenvalue weighted by Gasteiger charge is -2.18. The van der Waals surface area contributed by atoms with Gasteiger partial charge in [-0.05, 0) is 48.9 Å². The second-order valence-electron chi connectivity index (χ2n) is 9.12. The standard InChI is InChI=1S/C30H27N7O4S/c1-21-10-12-22(13-11-21)27-25(16-20-41-30(38)34-26-9-5-6-17-32-26)33-28(23-14-18-31-19-15-23)35-29(27)37-42(39,40)36-24-7-3-2-4-8-24/h2-15,17-19,36H,16,20H2,1H3,(H,32,34,38)(H,33,35,37). The van der Waals surface area contributed by atoms with Crippen molar-refractivity contribution in [2.24, 2.45) is 0 Å².